The van der Waals surface area contributed by atoms with Crippen molar-refractivity contribution in [2.45, 2.75) is 19.1 Å². The van der Waals surface area contributed by atoms with E-state index < -0.39 is 0 Å². The molecule has 23 heavy (non-hydrogen) atoms. The minimum Gasteiger partial charge on any atom is -0.454 e. The Hall–Kier alpha value is -2.53. The van der Waals surface area contributed by atoms with E-state index in [0.29, 0.717) is 30.2 Å². The number of ether oxygens (including phenoxy) is 3. The van der Waals surface area contributed by atoms with Crippen molar-refractivity contribution < 1.29 is 19.0 Å². The van der Waals surface area contributed by atoms with Gasteiger partial charge in [-0.15, -0.1) is 0 Å². The number of carbonyl (C=O) groups is 1. The molecule has 0 spiro atoms. The van der Waals surface area contributed by atoms with Crippen LogP contribution < -0.4 is 14.8 Å². The molecule has 0 fully saturated rings. The number of hydrogen-bond donors (Lipinski definition) is 1. The van der Waals surface area contributed by atoms with Crippen LogP contribution in [0.1, 0.15) is 21.5 Å². The highest BCUT2D eigenvalue weighted by Crippen LogP contribution is 2.32. The van der Waals surface area contributed by atoms with E-state index in [1.54, 1.807) is 18.2 Å². The Bertz CT molecular complexity index is 744. The van der Waals surface area contributed by atoms with Crippen molar-refractivity contribution in [2.75, 3.05) is 13.3 Å². The van der Waals surface area contributed by atoms with E-state index in [0.717, 1.165) is 6.42 Å². The molecule has 0 aliphatic carbocycles. The van der Waals surface area contributed by atoms with Crippen LogP contribution in [-0.2, 0) is 17.8 Å². The predicted molar refractivity (Wildman–Crippen MR) is 83.6 cm³/mol. The van der Waals surface area contributed by atoms with Crippen molar-refractivity contribution in [2.24, 2.45) is 0 Å². The van der Waals surface area contributed by atoms with E-state index in [9.17, 15) is 4.79 Å². The lowest BCUT2D eigenvalue weighted by molar-refractivity contribution is 0.0285. The smallest absolute Gasteiger partial charge is 0.251 e. The Balaban J connectivity index is 1.37. The topological polar surface area (TPSA) is 56.8 Å². The molecule has 2 heterocycles. The third-order valence-electron chi connectivity index (χ3n) is 4.17. The Morgan fingerprint density at radius 2 is 1.91 bits per heavy atom. The van der Waals surface area contributed by atoms with Crippen LogP contribution in [-0.4, -0.2) is 25.3 Å². The maximum absolute atomic E-state index is 12.3. The van der Waals surface area contributed by atoms with Crippen molar-refractivity contribution in [1.82, 2.24) is 5.32 Å². The zero-order valence-electron chi connectivity index (χ0n) is 12.6. The van der Waals surface area contributed by atoms with Crippen LogP contribution in [0.5, 0.6) is 11.5 Å². The van der Waals surface area contributed by atoms with E-state index in [4.69, 9.17) is 14.2 Å². The molecule has 2 aliphatic rings. The Kier molecular flexibility index (Phi) is 3.63. The molecule has 2 aromatic carbocycles. The summed E-state index contributed by atoms with van der Waals surface area (Å²) in [4.78, 5) is 12.3. The van der Waals surface area contributed by atoms with E-state index >= 15 is 0 Å². The highest BCUT2D eigenvalue weighted by atomic mass is 16.7. The summed E-state index contributed by atoms with van der Waals surface area (Å²) in [5.41, 5.74) is 3.08. The summed E-state index contributed by atoms with van der Waals surface area (Å²) < 4.78 is 16.3. The molecule has 0 radical (unpaired) electrons. The molecule has 0 aromatic heterocycles. The van der Waals surface area contributed by atoms with Crippen LogP contribution in [0.2, 0.25) is 0 Å². The molecule has 1 amide bonds. The SMILES string of the molecule is O=C(NC[C@H]1Cc2ccccc2CO1)c1ccc2c(c1)OCO2. The standard InChI is InChI=1S/C18H17NO4/c20-18(13-5-6-16-17(8-13)23-11-22-16)19-9-15-7-12-3-1-2-4-14(12)10-21-15/h1-6,8,15H,7,9-11H2,(H,19,20)/t15-/m1/s1. The first-order valence-corrected chi connectivity index (χ1v) is 7.66. The summed E-state index contributed by atoms with van der Waals surface area (Å²) >= 11 is 0. The normalized spacial score (nSPS) is 18.3. The molecule has 118 valence electrons. The molecule has 4 rings (SSSR count). The molecular formula is C18H17NO4. The van der Waals surface area contributed by atoms with Gasteiger partial charge in [-0.1, -0.05) is 24.3 Å². The molecule has 0 saturated heterocycles. The lowest BCUT2D eigenvalue weighted by atomic mass is 9.99. The van der Waals surface area contributed by atoms with Crippen molar-refractivity contribution in [1.29, 1.82) is 0 Å². The number of nitrogens with one attached hydrogen (secondary N) is 1. The molecule has 5 nitrogen and oxygen atoms in total. The quantitative estimate of drug-likeness (QED) is 0.945. The minimum absolute atomic E-state index is 0.00265. The number of benzene rings is 2. The minimum atomic E-state index is -0.134. The average molecular weight is 311 g/mol. The molecule has 1 atom stereocenters. The van der Waals surface area contributed by atoms with Crippen LogP contribution in [0.3, 0.4) is 0 Å². The van der Waals surface area contributed by atoms with Gasteiger partial charge in [0.2, 0.25) is 6.79 Å². The van der Waals surface area contributed by atoms with Gasteiger partial charge in [0, 0.05) is 18.5 Å². The fraction of sp³-hybridized carbons (Fsp3) is 0.278. The van der Waals surface area contributed by atoms with Crippen molar-refractivity contribution in [3.63, 3.8) is 0 Å². The molecule has 1 N–H and O–H groups in total. The van der Waals surface area contributed by atoms with Gasteiger partial charge in [0.25, 0.3) is 5.91 Å². The number of hydrogen-bond acceptors (Lipinski definition) is 4. The number of fused-ring (bicyclic) bond motifs is 2. The van der Waals surface area contributed by atoms with Gasteiger partial charge in [0.1, 0.15) is 0 Å². The van der Waals surface area contributed by atoms with Crippen molar-refractivity contribution in [3.8, 4) is 11.5 Å². The van der Waals surface area contributed by atoms with E-state index in [2.05, 4.69) is 17.4 Å². The summed E-state index contributed by atoms with van der Waals surface area (Å²) in [6.07, 6.45) is 0.820. The highest BCUT2D eigenvalue weighted by molar-refractivity contribution is 5.94. The Morgan fingerprint density at radius 3 is 2.83 bits per heavy atom. The zero-order chi connectivity index (χ0) is 15.6. The second kappa shape index (κ2) is 5.93. The third kappa shape index (κ3) is 2.87. The first kappa shape index (κ1) is 14.1. The maximum atomic E-state index is 12.3. The van der Waals surface area contributed by atoms with E-state index in [-0.39, 0.29) is 18.8 Å². The summed E-state index contributed by atoms with van der Waals surface area (Å²) in [6.45, 7) is 1.29. The second-order valence-electron chi connectivity index (χ2n) is 5.68. The molecule has 2 aromatic rings. The molecule has 0 saturated carbocycles. The Labute approximate surface area is 134 Å². The molecule has 0 bridgehead atoms. The van der Waals surface area contributed by atoms with Gasteiger partial charge in [-0.2, -0.15) is 0 Å². The van der Waals surface area contributed by atoms with Gasteiger partial charge in [-0.3, -0.25) is 4.79 Å². The molecule has 5 heteroatoms. The number of rotatable bonds is 3. The average Bonchev–Trinajstić information content (AvgIpc) is 3.07. The molecule has 2 aliphatic heterocycles. The van der Waals surface area contributed by atoms with Gasteiger partial charge < -0.3 is 19.5 Å². The summed E-state index contributed by atoms with van der Waals surface area (Å²) in [5.74, 6) is 1.15. The first-order chi connectivity index (χ1) is 11.3. The van der Waals surface area contributed by atoms with Gasteiger partial charge in [0.15, 0.2) is 11.5 Å². The zero-order valence-corrected chi connectivity index (χ0v) is 12.6. The van der Waals surface area contributed by atoms with Gasteiger partial charge in [-0.25, -0.2) is 0 Å². The number of carbonyl (C=O) groups excluding carboxylic acids is 1. The lowest BCUT2D eigenvalue weighted by Crippen LogP contribution is -2.36. The van der Waals surface area contributed by atoms with Crippen molar-refractivity contribution in [3.05, 3.63) is 59.2 Å². The molecular weight excluding hydrogens is 294 g/mol. The monoisotopic (exact) mass is 311 g/mol. The summed E-state index contributed by atoms with van der Waals surface area (Å²) in [5, 5.41) is 2.93. The fourth-order valence-electron chi connectivity index (χ4n) is 2.89. The fourth-order valence-corrected chi connectivity index (χ4v) is 2.89. The van der Waals surface area contributed by atoms with Crippen LogP contribution in [0.15, 0.2) is 42.5 Å². The summed E-state index contributed by atoms with van der Waals surface area (Å²) in [6, 6.07) is 13.4. The van der Waals surface area contributed by atoms with E-state index in [1.807, 2.05) is 12.1 Å². The maximum Gasteiger partial charge on any atom is 0.251 e. The Morgan fingerprint density at radius 1 is 1.09 bits per heavy atom. The van der Waals surface area contributed by atoms with Crippen molar-refractivity contribution >= 4 is 5.91 Å². The van der Waals surface area contributed by atoms with E-state index in [1.165, 1.54) is 11.1 Å². The van der Waals surface area contributed by atoms with Gasteiger partial charge in [-0.05, 0) is 29.3 Å². The predicted octanol–water partition coefficient (Wildman–Crippen LogP) is 2.29. The van der Waals surface area contributed by atoms with Gasteiger partial charge in [0.05, 0.1) is 12.7 Å². The largest absolute Gasteiger partial charge is 0.454 e. The third-order valence-corrected chi connectivity index (χ3v) is 4.17. The highest BCUT2D eigenvalue weighted by Gasteiger charge is 2.20. The van der Waals surface area contributed by atoms with Crippen LogP contribution >= 0.6 is 0 Å². The lowest BCUT2D eigenvalue weighted by Gasteiger charge is -2.25. The second-order valence-corrected chi connectivity index (χ2v) is 5.68. The first-order valence-electron chi connectivity index (χ1n) is 7.66. The molecule has 0 unspecified atom stereocenters. The van der Waals surface area contributed by atoms with Crippen LogP contribution in [0.25, 0.3) is 0 Å². The van der Waals surface area contributed by atoms with Crippen LogP contribution in [0, 0.1) is 0 Å². The van der Waals surface area contributed by atoms with Crippen LogP contribution in [0.4, 0.5) is 0 Å². The van der Waals surface area contributed by atoms with Gasteiger partial charge >= 0.3 is 0 Å². The number of amides is 1. The summed E-state index contributed by atoms with van der Waals surface area (Å²) in [7, 11) is 0.